The summed E-state index contributed by atoms with van der Waals surface area (Å²) in [6, 6.07) is 9.18. The van der Waals surface area contributed by atoms with Gasteiger partial charge in [0, 0.05) is 19.1 Å². The monoisotopic (exact) mass is 348 g/mol. The van der Waals surface area contributed by atoms with Crippen LogP contribution in [-0.4, -0.2) is 50.4 Å². The van der Waals surface area contributed by atoms with Crippen molar-refractivity contribution >= 4 is 15.9 Å². The molecule has 0 aliphatic carbocycles. The molecule has 8 heteroatoms. The van der Waals surface area contributed by atoms with Gasteiger partial charge in [-0.05, 0) is 31.4 Å². The highest BCUT2D eigenvalue weighted by atomic mass is 32.2. The molecule has 2 aliphatic rings. The average molecular weight is 348 g/mol. The standard InChI is InChI=1S/C16H20N4O3S/c17-10-13-5-4-8-20(13)16(21)15-9-12(11-18-15)19-24(22,23)14-6-2-1-3-7-14/h1-3,6-7,12-13,15,18-19H,4-5,8-9,11H2/t12-,13-,15-/m0/s1. The average Bonchev–Trinajstić information content (AvgIpc) is 3.23. The van der Waals surface area contributed by atoms with Crippen molar-refractivity contribution in [1.82, 2.24) is 14.9 Å². The second-order valence-corrected chi connectivity index (χ2v) is 7.86. The molecule has 128 valence electrons. The molecule has 24 heavy (non-hydrogen) atoms. The van der Waals surface area contributed by atoms with Crippen molar-refractivity contribution in [2.24, 2.45) is 0 Å². The zero-order valence-corrected chi connectivity index (χ0v) is 14.0. The second kappa shape index (κ2) is 6.89. The maximum Gasteiger partial charge on any atom is 0.240 e. The number of nitrogens with zero attached hydrogens (tertiary/aromatic N) is 2. The first kappa shape index (κ1) is 16.9. The smallest absolute Gasteiger partial charge is 0.240 e. The Labute approximate surface area is 141 Å². The van der Waals surface area contributed by atoms with E-state index in [4.69, 9.17) is 5.26 Å². The van der Waals surface area contributed by atoms with Crippen molar-refractivity contribution < 1.29 is 13.2 Å². The maximum absolute atomic E-state index is 12.5. The molecule has 0 saturated carbocycles. The van der Waals surface area contributed by atoms with E-state index in [1.807, 2.05) is 0 Å². The van der Waals surface area contributed by atoms with Crippen LogP contribution in [-0.2, 0) is 14.8 Å². The third-order valence-corrected chi connectivity index (χ3v) is 6.03. The summed E-state index contributed by atoms with van der Waals surface area (Å²) in [5.74, 6) is -0.111. The number of rotatable bonds is 4. The molecule has 2 fully saturated rings. The van der Waals surface area contributed by atoms with Crippen LogP contribution >= 0.6 is 0 Å². The van der Waals surface area contributed by atoms with Gasteiger partial charge in [0.1, 0.15) is 6.04 Å². The van der Waals surface area contributed by atoms with Crippen molar-refractivity contribution in [1.29, 1.82) is 5.26 Å². The van der Waals surface area contributed by atoms with Crippen molar-refractivity contribution in [3.8, 4) is 6.07 Å². The first-order chi connectivity index (χ1) is 11.5. The lowest BCUT2D eigenvalue weighted by Crippen LogP contribution is -2.45. The molecule has 2 saturated heterocycles. The molecule has 1 amide bonds. The number of nitriles is 1. The molecule has 3 rings (SSSR count). The minimum atomic E-state index is -3.59. The molecule has 3 atom stereocenters. The second-order valence-electron chi connectivity index (χ2n) is 6.15. The van der Waals surface area contributed by atoms with Crippen LogP contribution < -0.4 is 10.0 Å². The fraction of sp³-hybridized carbons (Fsp3) is 0.500. The van der Waals surface area contributed by atoms with E-state index in [1.54, 1.807) is 23.1 Å². The van der Waals surface area contributed by atoms with Gasteiger partial charge < -0.3 is 10.2 Å². The normalized spacial score (nSPS) is 27.1. The first-order valence-electron chi connectivity index (χ1n) is 8.02. The van der Waals surface area contributed by atoms with Crippen LogP contribution in [0.1, 0.15) is 19.3 Å². The molecule has 1 aromatic rings. The summed E-state index contributed by atoms with van der Waals surface area (Å²) in [5.41, 5.74) is 0. The fourth-order valence-electron chi connectivity index (χ4n) is 3.27. The predicted octanol–water partition coefficient (Wildman–Crippen LogP) is 0.210. The number of carbonyl (C=O) groups is 1. The topological polar surface area (TPSA) is 102 Å². The number of benzene rings is 1. The maximum atomic E-state index is 12.5. The van der Waals surface area contributed by atoms with E-state index in [-0.39, 0.29) is 22.9 Å². The zero-order chi connectivity index (χ0) is 17.2. The highest BCUT2D eigenvalue weighted by Crippen LogP contribution is 2.20. The van der Waals surface area contributed by atoms with Crippen molar-refractivity contribution in [3.05, 3.63) is 30.3 Å². The molecule has 0 aromatic heterocycles. The Morgan fingerprint density at radius 3 is 2.79 bits per heavy atom. The van der Waals surface area contributed by atoms with Crippen LogP contribution in [0.15, 0.2) is 35.2 Å². The number of sulfonamides is 1. The highest BCUT2D eigenvalue weighted by molar-refractivity contribution is 7.89. The van der Waals surface area contributed by atoms with Gasteiger partial charge in [-0.2, -0.15) is 5.26 Å². The minimum Gasteiger partial charge on any atom is -0.325 e. The fourth-order valence-corrected chi connectivity index (χ4v) is 4.54. The van der Waals surface area contributed by atoms with Gasteiger partial charge in [0.05, 0.1) is 17.0 Å². The quantitative estimate of drug-likeness (QED) is 0.810. The zero-order valence-electron chi connectivity index (χ0n) is 13.2. The Morgan fingerprint density at radius 1 is 1.33 bits per heavy atom. The van der Waals surface area contributed by atoms with Gasteiger partial charge in [0.15, 0.2) is 0 Å². The van der Waals surface area contributed by atoms with Gasteiger partial charge >= 0.3 is 0 Å². The Kier molecular flexibility index (Phi) is 4.85. The molecule has 2 heterocycles. The highest BCUT2D eigenvalue weighted by Gasteiger charge is 2.38. The summed E-state index contributed by atoms with van der Waals surface area (Å²) in [7, 11) is -3.59. The van der Waals surface area contributed by atoms with Crippen molar-refractivity contribution in [2.45, 2.75) is 42.3 Å². The summed E-state index contributed by atoms with van der Waals surface area (Å²) in [4.78, 5) is 14.3. The number of amides is 1. The predicted molar refractivity (Wildman–Crippen MR) is 87.3 cm³/mol. The number of hydrogen-bond acceptors (Lipinski definition) is 5. The Morgan fingerprint density at radius 2 is 2.08 bits per heavy atom. The molecule has 0 bridgehead atoms. The molecule has 0 unspecified atom stereocenters. The van der Waals surface area contributed by atoms with Crippen LogP contribution in [0.4, 0.5) is 0 Å². The van der Waals surface area contributed by atoms with E-state index in [9.17, 15) is 13.2 Å². The summed E-state index contributed by atoms with van der Waals surface area (Å²) in [6.45, 7) is 0.989. The Hall–Kier alpha value is -1.95. The van der Waals surface area contributed by atoms with Gasteiger partial charge in [-0.25, -0.2) is 13.1 Å². The molecule has 0 spiro atoms. The lowest BCUT2D eigenvalue weighted by Gasteiger charge is -2.23. The van der Waals surface area contributed by atoms with Gasteiger partial charge in [-0.3, -0.25) is 4.79 Å². The summed E-state index contributed by atoms with van der Waals surface area (Å²) >= 11 is 0. The minimum absolute atomic E-state index is 0.111. The van der Waals surface area contributed by atoms with Crippen molar-refractivity contribution in [3.63, 3.8) is 0 Å². The largest absolute Gasteiger partial charge is 0.325 e. The molecular formula is C16H20N4O3S. The molecule has 2 N–H and O–H groups in total. The number of nitrogens with one attached hydrogen (secondary N) is 2. The molecule has 7 nitrogen and oxygen atoms in total. The van der Waals surface area contributed by atoms with Gasteiger partial charge in [0.2, 0.25) is 15.9 Å². The van der Waals surface area contributed by atoms with E-state index in [2.05, 4.69) is 16.1 Å². The van der Waals surface area contributed by atoms with E-state index in [0.29, 0.717) is 25.9 Å². The third-order valence-electron chi connectivity index (χ3n) is 4.49. The molecule has 0 radical (unpaired) electrons. The SMILES string of the molecule is N#C[C@@H]1CCCN1C(=O)[C@@H]1C[C@H](NS(=O)(=O)c2ccccc2)CN1. The molecule has 1 aromatic carbocycles. The lowest BCUT2D eigenvalue weighted by atomic mass is 10.1. The molecular weight excluding hydrogens is 328 g/mol. The van der Waals surface area contributed by atoms with E-state index in [0.717, 1.165) is 6.42 Å². The van der Waals surface area contributed by atoms with E-state index < -0.39 is 16.1 Å². The number of hydrogen-bond donors (Lipinski definition) is 2. The Balaban J connectivity index is 1.62. The van der Waals surface area contributed by atoms with Crippen LogP contribution in [0, 0.1) is 11.3 Å². The van der Waals surface area contributed by atoms with Gasteiger partial charge in [0.25, 0.3) is 0 Å². The number of carbonyl (C=O) groups excluding carboxylic acids is 1. The third kappa shape index (κ3) is 3.43. The van der Waals surface area contributed by atoms with Crippen molar-refractivity contribution in [2.75, 3.05) is 13.1 Å². The van der Waals surface area contributed by atoms with Crippen LogP contribution in [0.25, 0.3) is 0 Å². The van der Waals surface area contributed by atoms with Crippen LogP contribution in [0.2, 0.25) is 0 Å². The van der Waals surface area contributed by atoms with Gasteiger partial charge in [-0.15, -0.1) is 0 Å². The van der Waals surface area contributed by atoms with Crippen LogP contribution in [0.5, 0.6) is 0 Å². The first-order valence-corrected chi connectivity index (χ1v) is 9.50. The number of likely N-dealkylation sites (tertiary alicyclic amines) is 1. The Bertz CT molecular complexity index is 744. The van der Waals surface area contributed by atoms with Gasteiger partial charge in [-0.1, -0.05) is 18.2 Å². The summed E-state index contributed by atoms with van der Waals surface area (Å²) < 4.78 is 27.3. The van der Waals surface area contributed by atoms with Crippen LogP contribution in [0.3, 0.4) is 0 Å². The summed E-state index contributed by atoms with van der Waals surface area (Å²) in [6.07, 6.45) is 1.93. The van der Waals surface area contributed by atoms with E-state index in [1.165, 1.54) is 12.1 Å². The molecule has 2 aliphatic heterocycles. The lowest BCUT2D eigenvalue weighted by molar-refractivity contribution is -0.133. The summed E-state index contributed by atoms with van der Waals surface area (Å²) in [5, 5.41) is 12.2. The van der Waals surface area contributed by atoms with E-state index >= 15 is 0 Å².